The molecule has 1 aromatic rings. The predicted octanol–water partition coefficient (Wildman–Crippen LogP) is 1.31. The van der Waals surface area contributed by atoms with Crippen LogP contribution in [0.25, 0.3) is 0 Å². The largest absolute Gasteiger partial charge is 0.375 e. The number of benzene rings is 1. The highest BCUT2D eigenvalue weighted by Crippen LogP contribution is 2.38. The maximum Gasteiger partial charge on any atom is 0.103 e. The molecule has 0 heterocycles. The van der Waals surface area contributed by atoms with Crippen LogP contribution in [-0.2, 0) is 0 Å². The SMILES string of the molecule is CN(C)c1c(C#N)c(C#N)c(C#N)c(C#N)c1N(C)C. The normalized spacial score (nSPS) is 8.80. The van der Waals surface area contributed by atoms with E-state index in [9.17, 15) is 21.0 Å². The molecule has 0 saturated heterocycles. The van der Waals surface area contributed by atoms with Crippen LogP contribution in [-0.4, -0.2) is 28.2 Å². The first-order valence-corrected chi connectivity index (χ1v) is 5.63. The zero-order valence-corrected chi connectivity index (χ0v) is 11.7. The Hall–Kier alpha value is -3.22. The van der Waals surface area contributed by atoms with Crippen molar-refractivity contribution in [3.8, 4) is 24.3 Å². The number of nitriles is 4. The molecule has 0 amide bonds. The van der Waals surface area contributed by atoms with Gasteiger partial charge in [0.15, 0.2) is 0 Å². The van der Waals surface area contributed by atoms with Crippen LogP contribution in [0.15, 0.2) is 0 Å². The second-order valence-electron chi connectivity index (χ2n) is 4.43. The van der Waals surface area contributed by atoms with Crippen LogP contribution in [0.5, 0.6) is 0 Å². The zero-order valence-electron chi connectivity index (χ0n) is 11.7. The van der Waals surface area contributed by atoms with Gasteiger partial charge in [0.25, 0.3) is 0 Å². The van der Waals surface area contributed by atoms with E-state index in [-0.39, 0.29) is 22.3 Å². The van der Waals surface area contributed by atoms with Gasteiger partial charge in [0.1, 0.15) is 24.3 Å². The molecule has 0 radical (unpaired) electrons. The molecular formula is C14H12N6. The van der Waals surface area contributed by atoms with Crippen molar-refractivity contribution in [1.29, 1.82) is 21.0 Å². The summed E-state index contributed by atoms with van der Waals surface area (Å²) in [4.78, 5) is 3.33. The molecule has 0 aliphatic carbocycles. The van der Waals surface area contributed by atoms with Crippen LogP contribution < -0.4 is 9.80 Å². The summed E-state index contributed by atoms with van der Waals surface area (Å²) in [7, 11) is 6.88. The van der Waals surface area contributed by atoms with E-state index in [2.05, 4.69) is 0 Å². The summed E-state index contributed by atoms with van der Waals surface area (Å²) in [6, 6.07) is 7.65. The fraction of sp³-hybridized carbons (Fsp3) is 0.286. The quantitative estimate of drug-likeness (QED) is 0.797. The van der Waals surface area contributed by atoms with Crippen molar-refractivity contribution in [2.75, 3.05) is 38.0 Å². The molecule has 6 heteroatoms. The average Bonchev–Trinajstić information content (AvgIpc) is 2.42. The molecular weight excluding hydrogens is 252 g/mol. The average molecular weight is 264 g/mol. The van der Waals surface area contributed by atoms with E-state index < -0.39 is 0 Å². The molecule has 0 aliphatic heterocycles. The maximum atomic E-state index is 9.33. The van der Waals surface area contributed by atoms with Crippen LogP contribution in [0.4, 0.5) is 11.4 Å². The number of hydrogen-bond donors (Lipinski definition) is 0. The molecule has 1 aromatic carbocycles. The first kappa shape index (κ1) is 14.8. The van der Waals surface area contributed by atoms with E-state index in [0.717, 1.165) is 0 Å². The third-order valence-corrected chi connectivity index (χ3v) is 2.79. The molecule has 0 spiro atoms. The Balaban J connectivity index is 4.16. The summed E-state index contributed by atoms with van der Waals surface area (Å²) in [5, 5.41) is 37.1. The Morgan fingerprint density at radius 3 is 0.950 bits per heavy atom. The second kappa shape index (κ2) is 5.61. The van der Waals surface area contributed by atoms with Gasteiger partial charge in [-0.25, -0.2) is 0 Å². The summed E-state index contributed by atoms with van der Waals surface area (Å²) in [6.07, 6.45) is 0. The van der Waals surface area contributed by atoms with Crippen LogP contribution in [0.2, 0.25) is 0 Å². The van der Waals surface area contributed by atoms with E-state index in [0.29, 0.717) is 11.4 Å². The van der Waals surface area contributed by atoms with Gasteiger partial charge in [-0.3, -0.25) is 0 Å². The third-order valence-electron chi connectivity index (χ3n) is 2.79. The summed E-state index contributed by atoms with van der Waals surface area (Å²) in [6.45, 7) is 0. The number of anilines is 2. The Bertz CT molecular complexity index is 654. The molecule has 6 nitrogen and oxygen atoms in total. The molecule has 0 saturated carbocycles. The predicted molar refractivity (Wildman–Crippen MR) is 74.0 cm³/mol. The first-order valence-electron chi connectivity index (χ1n) is 5.63. The molecule has 0 N–H and O–H groups in total. The van der Waals surface area contributed by atoms with E-state index in [4.69, 9.17) is 0 Å². The molecule has 20 heavy (non-hydrogen) atoms. The number of nitrogens with zero attached hydrogens (tertiary/aromatic N) is 6. The van der Waals surface area contributed by atoms with Gasteiger partial charge in [-0.15, -0.1) is 0 Å². The highest BCUT2D eigenvalue weighted by Gasteiger charge is 2.26. The highest BCUT2D eigenvalue weighted by molar-refractivity contribution is 5.88. The van der Waals surface area contributed by atoms with Gasteiger partial charge in [-0.2, -0.15) is 21.0 Å². The number of rotatable bonds is 2. The minimum atomic E-state index is -0.0548. The molecule has 0 atom stereocenters. The lowest BCUT2D eigenvalue weighted by molar-refractivity contribution is 1.06. The molecule has 98 valence electrons. The van der Waals surface area contributed by atoms with E-state index in [1.54, 1.807) is 38.0 Å². The molecule has 0 unspecified atom stereocenters. The van der Waals surface area contributed by atoms with Crippen molar-refractivity contribution in [1.82, 2.24) is 0 Å². The zero-order chi connectivity index (χ0) is 15.4. The van der Waals surface area contributed by atoms with Crippen molar-refractivity contribution in [3.63, 3.8) is 0 Å². The Morgan fingerprint density at radius 1 is 0.550 bits per heavy atom. The van der Waals surface area contributed by atoms with E-state index in [1.807, 2.05) is 24.3 Å². The van der Waals surface area contributed by atoms with Gasteiger partial charge < -0.3 is 9.80 Å². The monoisotopic (exact) mass is 264 g/mol. The lowest BCUT2D eigenvalue weighted by Gasteiger charge is -2.26. The van der Waals surface area contributed by atoms with Crippen LogP contribution in [0.3, 0.4) is 0 Å². The Kier molecular flexibility index (Phi) is 4.17. The fourth-order valence-corrected chi connectivity index (χ4v) is 2.04. The number of hydrogen-bond acceptors (Lipinski definition) is 6. The topological polar surface area (TPSA) is 102 Å². The summed E-state index contributed by atoms with van der Waals surface area (Å²) in [5.41, 5.74) is 1.03. The molecule has 1 rings (SSSR count). The highest BCUT2D eigenvalue weighted by atomic mass is 15.1. The Labute approximate surface area is 117 Å². The van der Waals surface area contributed by atoms with Crippen molar-refractivity contribution < 1.29 is 0 Å². The fourth-order valence-electron chi connectivity index (χ4n) is 2.04. The van der Waals surface area contributed by atoms with Gasteiger partial charge in [0.2, 0.25) is 0 Å². The minimum absolute atomic E-state index is 0.0548. The molecule has 0 aromatic heterocycles. The van der Waals surface area contributed by atoms with Crippen LogP contribution in [0.1, 0.15) is 22.3 Å². The maximum absolute atomic E-state index is 9.33. The van der Waals surface area contributed by atoms with Crippen LogP contribution >= 0.6 is 0 Å². The third kappa shape index (κ3) is 2.07. The van der Waals surface area contributed by atoms with Crippen molar-refractivity contribution in [3.05, 3.63) is 22.3 Å². The van der Waals surface area contributed by atoms with Gasteiger partial charge in [-0.05, 0) is 0 Å². The molecule has 0 fully saturated rings. The van der Waals surface area contributed by atoms with Crippen molar-refractivity contribution in [2.24, 2.45) is 0 Å². The van der Waals surface area contributed by atoms with Gasteiger partial charge in [0, 0.05) is 28.2 Å². The standard InChI is InChI=1S/C14H12N6/c1-19(2)13-11(7-17)9(5-15)10(6-16)12(8-18)14(13)20(3)4/h1-4H3. The van der Waals surface area contributed by atoms with E-state index >= 15 is 0 Å². The van der Waals surface area contributed by atoms with Gasteiger partial charge >= 0.3 is 0 Å². The Morgan fingerprint density at radius 2 is 0.800 bits per heavy atom. The first-order chi connectivity index (χ1) is 9.44. The molecule has 0 aliphatic rings. The summed E-state index contributed by atoms with van der Waals surface area (Å²) >= 11 is 0. The summed E-state index contributed by atoms with van der Waals surface area (Å²) < 4.78 is 0. The minimum Gasteiger partial charge on any atom is -0.375 e. The lowest BCUT2D eigenvalue weighted by atomic mass is 9.93. The summed E-state index contributed by atoms with van der Waals surface area (Å²) in [5.74, 6) is 0. The van der Waals surface area contributed by atoms with E-state index in [1.165, 1.54) is 0 Å². The van der Waals surface area contributed by atoms with Gasteiger partial charge in [-0.1, -0.05) is 0 Å². The smallest absolute Gasteiger partial charge is 0.103 e. The van der Waals surface area contributed by atoms with Crippen molar-refractivity contribution >= 4 is 11.4 Å². The van der Waals surface area contributed by atoms with Crippen LogP contribution in [0, 0.1) is 45.3 Å². The molecule has 0 bridgehead atoms. The van der Waals surface area contributed by atoms with Crippen molar-refractivity contribution in [2.45, 2.75) is 0 Å². The lowest BCUT2D eigenvalue weighted by Crippen LogP contribution is -2.21. The van der Waals surface area contributed by atoms with Gasteiger partial charge in [0.05, 0.1) is 33.6 Å². The second-order valence-corrected chi connectivity index (χ2v) is 4.43.